The average molecular weight is 267 g/mol. The fourth-order valence-electron chi connectivity index (χ4n) is 2.35. The lowest BCUT2D eigenvalue weighted by Crippen LogP contribution is -2.38. The molecular formula is C13H15ClN2O2. The van der Waals surface area contributed by atoms with Gasteiger partial charge in [0.25, 0.3) is 5.88 Å². The summed E-state index contributed by atoms with van der Waals surface area (Å²) >= 11 is 5.98. The van der Waals surface area contributed by atoms with Gasteiger partial charge in [-0.1, -0.05) is 11.6 Å². The van der Waals surface area contributed by atoms with Crippen LogP contribution >= 0.6 is 11.6 Å². The van der Waals surface area contributed by atoms with Gasteiger partial charge in [-0.25, -0.2) is 0 Å². The Morgan fingerprint density at radius 3 is 3.22 bits per heavy atom. The number of halogens is 1. The number of likely N-dealkylation sites (tertiary alicyclic amines) is 1. The third kappa shape index (κ3) is 2.31. The summed E-state index contributed by atoms with van der Waals surface area (Å²) in [6.45, 7) is 2.06. The van der Waals surface area contributed by atoms with E-state index >= 15 is 0 Å². The van der Waals surface area contributed by atoms with Gasteiger partial charge in [-0.15, -0.1) is 0 Å². The first-order chi connectivity index (χ1) is 8.72. The molecule has 1 saturated heterocycles. The Balaban J connectivity index is 1.83. The van der Waals surface area contributed by atoms with Crippen molar-refractivity contribution in [1.82, 2.24) is 10.1 Å². The summed E-state index contributed by atoms with van der Waals surface area (Å²) in [5.74, 6) is 0.549. The summed E-state index contributed by atoms with van der Waals surface area (Å²) in [5.41, 5.74) is 0.707. The Hall–Kier alpha value is -1.26. The predicted molar refractivity (Wildman–Crippen MR) is 70.2 cm³/mol. The molecule has 0 bridgehead atoms. The van der Waals surface area contributed by atoms with Crippen molar-refractivity contribution in [3.63, 3.8) is 0 Å². The van der Waals surface area contributed by atoms with E-state index in [9.17, 15) is 0 Å². The first-order valence-electron chi connectivity index (χ1n) is 6.12. The Kier molecular flexibility index (Phi) is 3.14. The van der Waals surface area contributed by atoms with Gasteiger partial charge in [0.05, 0.1) is 5.39 Å². The maximum Gasteiger partial charge on any atom is 0.262 e. The van der Waals surface area contributed by atoms with Gasteiger partial charge in [-0.05, 0) is 49.8 Å². The second-order valence-electron chi connectivity index (χ2n) is 4.77. The number of nitrogens with zero attached hydrogens (tertiary/aromatic N) is 2. The van der Waals surface area contributed by atoms with Crippen molar-refractivity contribution in [3.05, 3.63) is 23.2 Å². The van der Waals surface area contributed by atoms with Gasteiger partial charge in [-0.3, -0.25) is 0 Å². The quantitative estimate of drug-likeness (QED) is 0.838. The highest BCUT2D eigenvalue weighted by atomic mass is 35.5. The normalized spacial score (nSPS) is 21.3. The minimum Gasteiger partial charge on any atom is -0.470 e. The molecule has 1 aliphatic heterocycles. The van der Waals surface area contributed by atoms with Gasteiger partial charge < -0.3 is 14.2 Å². The molecule has 0 N–H and O–H groups in total. The zero-order valence-electron chi connectivity index (χ0n) is 10.2. The zero-order chi connectivity index (χ0) is 12.5. The van der Waals surface area contributed by atoms with Crippen LogP contribution in [0.2, 0.25) is 5.02 Å². The molecule has 0 spiro atoms. The number of hydrogen-bond donors (Lipinski definition) is 0. The smallest absolute Gasteiger partial charge is 0.262 e. The first-order valence-corrected chi connectivity index (χ1v) is 6.50. The molecule has 0 radical (unpaired) electrons. The number of rotatable bonds is 2. The lowest BCUT2D eigenvalue weighted by Gasteiger charge is -2.29. The van der Waals surface area contributed by atoms with Crippen molar-refractivity contribution in [2.75, 3.05) is 20.1 Å². The van der Waals surface area contributed by atoms with Gasteiger partial charge in [0.15, 0.2) is 5.58 Å². The first kappa shape index (κ1) is 11.8. The molecule has 5 heteroatoms. The van der Waals surface area contributed by atoms with Gasteiger partial charge in [0.2, 0.25) is 0 Å². The van der Waals surface area contributed by atoms with Crippen molar-refractivity contribution >= 4 is 22.6 Å². The molecule has 2 aromatic rings. The number of fused-ring (bicyclic) bond motifs is 1. The molecule has 1 fully saturated rings. The van der Waals surface area contributed by atoms with Crippen molar-refractivity contribution in [3.8, 4) is 5.88 Å². The molecule has 18 heavy (non-hydrogen) atoms. The maximum atomic E-state index is 5.98. The monoisotopic (exact) mass is 266 g/mol. The molecule has 1 aromatic heterocycles. The summed E-state index contributed by atoms with van der Waals surface area (Å²) in [6.07, 6.45) is 2.38. The van der Waals surface area contributed by atoms with Crippen LogP contribution in [0.5, 0.6) is 5.88 Å². The SMILES string of the molecule is CN1CCCC(Oc2noc3ccc(Cl)cc23)C1. The minimum absolute atomic E-state index is 0.177. The summed E-state index contributed by atoms with van der Waals surface area (Å²) in [6, 6.07) is 5.42. The molecule has 96 valence electrons. The second-order valence-corrected chi connectivity index (χ2v) is 5.21. The highest BCUT2D eigenvalue weighted by Gasteiger charge is 2.21. The number of aromatic nitrogens is 1. The van der Waals surface area contributed by atoms with Crippen LogP contribution in [0.25, 0.3) is 11.0 Å². The number of benzene rings is 1. The van der Waals surface area contributed by atoms with Crippen LogP contribution in [0, 0.1) is 0 Å². The van der Waals surface area contributed by atoms with Gasteiger partial charge in [-0.2, -0.15) is 0 Å². The summed E-state index contributed by atoms with van der Waals surface area (Å²) < 4.78 is 11.2. The van der Waals surface area contributed by atoms with E-state index in [4.69, 9.17) is 20.9 Å². The van der Waals surface area contributed by atoms with Crippen LogP contribution in [0.1, 0.15) is 12.8 Å². The molecular weight excluding hydrogens is 252 g/mol. The Bertz CT molecular complexity index is 555. The van der Waals surface area contributed by atoms with Crippen LogP contribution in [-0.4, -0.2) is 36.3 Å². The van der Waals surface area contributed by atoms with Crippen molar-refractivity contribution in [2.24, 2.45) is 0 Å². The topological polar surface area (TPSA) is 38.5 Å². The largest absolute Gasteiger partial charge is 0.470 e. The predicted octanol–water partition coefficient (Wildman–Crippen LogP) is 2.95. The van der Waals surface area contributed by atoms with Crippen LogP contribution in [0.3, 0.4) is 0 Å². The molecule has 0 saturated carbocycles. The zero-order valence-corrected chi connectivity index (χ0v) is 11.0. The third-order valence-electron chi connectivity index (χ3n) is 3.26. The molecule has 3 rings (SSSR count). The van der Waals surface area contributed by atoms with Gasteiger partial charge >= 0.3 is 0 Å². The Morgan fingerprint density at radius 1 is 1.50 bits per heavy atom. The fourth-order valence-corrected chi connectivity index (χ4v) is 2.52. The molecule has 1 unspecified atom stereocenters. The van der Waals surface area contributed by atoms with Gasteiger partial charge in [0, 0.05) is 11.6 Å². The van der Waals surface area contributed by atoms with E-state index in [1.54, 1.807) is 6.07 Å². The van der Waals surface area contributed by atoms with Crippen molar-refractivity contribution in [2.45, 2.75) is 18.9 Å². The minimum atomic E-state index is 0.177. The lowest BCUT2D eigenvalue weighted by atomic mass is 10.1. The van der Waals surface area contributed by atoms with E-state index < -0.39 is 0 Å². The van der Waals surface area contributed by atoms with E-state index in [1.165, 1.54) is 0 Å². The molecule has 0 aliphatic carbocycles. The van der Waals surface area contributed by atoms with E-state index in [2.05, 4.69) is 17.1 Å². The van der Waals surface area contributed by atoms with Crippen LogP contribution in [0.15, 0.2) is 22.7 Å². The molecule has 4 nitrogen and oxygen atoms in total. The maximum absolute atomic E-state index is 5.98. The molecule has 1 aliphatic rings. The van der Waals surface area contributed by atoms with E-state index in [0.29, 0.717) is 16.5 Å². The Morgan fingerprint density at radius 2 is 2.39 bits per heavy atom. The summed E-state index contributed by atoms with van der Waals surface area (Å²) in [4.78, 5) is 2.27. The van der Waals surface area contributed by atoms with E-state index in [0.717, 1.165) is 31.3 Å². The summed E-state index contributed by atoms with van der Waals surface area (Å²) in [7, 11) is 2.10. The van der Waals surface area contributed by atoms with Crippen LogP contribution < -0.4 is 4.74 Å². The van der Waals surface area contributed by atoms with E-state index in [-0.39, 0.29) is 6.10 Å². The Labute approximate surface area is 110 Å². The van der Waals surface area contributed by atoms with Crippen molar-refractivity contribution in [1.29, 1.82) is 0 Å². The number of hydrogen-bond acceptors (Lipinski definition) is 4. The van der Waals surface area contributed by atoms with Crippen molar-refractivity contribution < 1.29 is 9.26 Å². The van der Waals surface area contributed by atoms with Crippen LogP contribution in [0.4, 0.5) is 0 Å². The van der Waals surface area contributed by atoms with Crippen LogP contribution in [-0.2, 0) is 0 Å². The lowest BCUT2D eigenvalue weighted by molar-refractivity contribution is 0.0976. The molecule has 0 amide bonds. The summed E-state index contributed by atoms with van der Waals surface area (Å²) in [5, 5.41) is 5.49. The highest BCUT2D eigenvalue weighted by Crippen LogP contribution is 2.29. The number of piperidine rings is 1. The average Bonchev–Trinajstić information content (AvgIpc) is 2.72. The number of ether oxygens (including phenoxy) is 1. The standard InChI is InChI=1S/C13H15ClN2O2/c1-16-6-2-3-10(8-16)17-13-11-7-9(14)4-5-12(11)18-15-13/h4-5,7,10H,2-3,6,8H2,1H3. The van der Waals surface area contributed by atoms with E-state index in [1.807, 2.05) is 12.1 Å². The molecule has 1 atom stereocenters. The highest BCUT2D eigenvalue weighted by molar-refractivity contribution is 6.31. The molecule has 1 aromatic carbocycles. The molecule has 2 heterocycles. The van der Waals surface area contributed by atoms with Gasteiger partial charge in [0.1, 0.15) is 6.10 Å². The third-order valence-corrected chi connectivity index (χ3v) is 3.49. The number of likely N-dealkylation sites (N-methyl/N-ethyl adjacent to an activating group) is 1. The fraction of sp³-hybridized carbons (Fsp3) is 0.462. The second kappa shape index (κ2) is 4.78.